The molecule has 0 saturated carbocycles. The van der Waals surface area contributed by atoms with Gasteiger partial charge in [-0.1, -0.05) is 97.9 Å². The number of aryl methyl sites for hydroxylation is 2. The molecule has 42 heavy (non-hydrogen) atoms. The minimum atomic E-state index is 0.732. The van der Waals surface area contributed by atoms with Crippen molar-refractivity contribution >= 4 is 53.4 Å². The molecule has 8 aromatic rings. The largest absolute Gasteiger partial charge is 0.251 e. The van der Waals surface area contributed by atoms with Gasteiger partial charge in [-0.3, -0.25) is 9.97 Å². The van der Waals surface area contributed by atoms with Crippen LogP contribution in [0, 0.1) is 6.92 Å². The Morgan fingerprint density at radius 2 is 1.36 bits per heavy atom. The Morgan fingerprint density at radius 1 is 0.595 bits per heavy atom. The maximum absolute atomic E-state index is 5.14. The normalized spacial score (nSPS) is 11.7. The van der Waals surface area contributed by atoms with Gasteiger partial charge in [-0.05, 0) is 42.7 Å². The fraction of sp³-hybridized carbons (Fsp3) is 0.0811. The zero-order valence-corrected chi connectivity index (χ0v) is 24.1. The number of rotatable bonds is 4. The Kier molecular flexibility index (Phi) is 5.79. The van der Waals surface area contributed by atoms with Crippen LogP contribution in [0.1, 0.15) is 18.3 Å². The average molecular weight is 559 g/mol. The Balaban J connectivity index is 1.30. The van der Waals surface area contributed by atoms with Gasteiger partial charge < -0.3 is 0 Å². The van der Waals surface area contributed by atoms with Gasteiger partial charge in [-0.2, -0.15) is 0 Å². The number of hydrogen-bond acceptors (Lipinski definition) is 5. The fourth-order valence-corrected chi connectivity index (χ4v) is 6.91. The number of hydrogen-bond donors (Lipinski definition) is 0. The second kappa shape index (κ2) is 9.82. The van der Waals surface area contributed by atoms with Crippen LogP contribution in [-0.4, -0.2) is 19.9 Å². The van der Waals surface area contributed by atoms with Crippen LogP contribution < -0.4 is 0 Å². The first-order valence-corrected chi connectivity index (χ1v) is 15.0. The maximum atomic E-state index is 5.14. The topological polar surface area (TPSA) is 51.6 Å². The Labute approximate surface area is 247 Å². The average Bonchev–Trinajstić information content (AvgIpc) is 3.43. The van der Waals surface area contributed by atoms with E-state index in [0.717, 1.165) is 78.0 Å². The van der Waals surface area contributed by atoms with E-state index in [9.17, 15) is 0 Å². The third kappa shape index (κ3) is 4.05. The van der Waals surface area contributed by atoms with Gasteiger partial charge in [0.15, 0.2) is 5.82 Å². The van der Waals surface area contributed by atoms with Crippen LogP contribution in [0.5, 0.6) is 0 Å². The fourth-order valence-electron chi connectivity index (χ4n) is 5.75. The second-order valence-electron chi connectivity index (χ2n) is 10.6. The van der Waals surface area contributed by atoms with Crippen LogP contribution in [0.2, 0.25) is 0 Å². The predicted octanol–water partition coefficient (Wildman–Crippen LogP) is 9.81. The molecule has 0 saturated heterocycles. The second-order valence-corrected chi connectivity index (χ2v) is 11.7. The molecule has 4 heterocycles. The molecule has 4 aromatic carbocycles. The molecule has 0 atom stereocenters. The molecule has 4 aromatic heterocycles. The van der Waals surface area contributed by atoms with Crippen LogP contribution in [-0.2, 0) is 6.42 Å². The summed E-state index contributed by atoms with van der Waals surface area (Å²) in [6.07, 6.45) is 0.855. The lowest BCUT2D eigenvalue weighted by Gasteiger charge is -2.12. The highest BCUT2D eigenvalue weighted by Gasteiger charge is 2.17. The van der Waals surface area contributed by atoms with Crippen molar-refractivity contribution in [1.29, 1.82) is 0 Å². The van der Waals surface area contributed by atoms with Crippen molar-refractivity contribution in [2.24, 2.45) is 0 Å². The summed E-state index contributed by atoms with van der Waals surface area (Å²) in [5, 5.41) is 3.39. The van der Waals surface area contributed by atoms with Crippen LogP contribution in [0.3, 0.4) is 0 Å². The summed E-state index contributed by atoms with van der Waals surface area (Å²) >= 11 is 1.76. The van der Waals surface area contributed by atoms with E-state index in [1.807, 2.05) is 13.0 Å². The van der Waals surface area contributed by atoms with Crippen LogP contribution in [0.15, 0.2) is 109 Å². The number of thiophene rings is 1. The van der Waals surface area contributed by atoms with E-state index in [4.69, 9.17) is 19.9 Å². The lowest BCUT2D eigenvalue weighted by molar-refractivity contribution is 1.06. The number of pyridine rings is 2. The van der Waals surface area contributed by atoms with E-state index in [-0.39, 0.29) is 0 Å². The molecule has 200 valence electrons. The molecule has 0 amide bonds. The Bertz CT molecular complexity index is 2290. The van der Waals surface area contributed by atoms with E-state index < -0.39 is 0 Å². The SMILES string of the molecule is CCc1cc(-c2ccc(-c3nc(-c4ccccc4)c4sc5ccccc5c4n3)cc2)c2ccc3ccc(C)nc3c2n1. The predicted molar refractivity (Wildman–Crippen MR) is 176 cm³/mol. The molecule has 0 unspecified atom stereocenters. The van der Waals surface area contributed by atoms with Crippen LogP contribution in [0.25, 0.3) is 75.9 Å². The van der Waals surface area contributed by atoms with Crippen molar-refractivity contribution in [2.45, 2.75) is 20.3 Å². The van der Waals surface area contributed by atoms with Crippen molar-refractivity contribution in [3.63, 3.8) is 0 Å². The summed E-state index contributed by atoms with van der Waals surface area (Å²) in [6, 6.07) is 38.3. The highest BCUT2D eigenvalue weighted by Crippen LogP contribution is 2.40. The highest BCUT2D eigenvalue weighted by molar-refractivity contribution is 7.26. The summed E-state index contributed by atoms with van der Waals surface area (Å²) in [6.45, 7) is 4.18. The van der Waals surface area contributed by atoms with Gasteiger partial charge >= 0.3 is 0 Å². The van der Waals surface area contributed by atoms with Gasteiger partial charge in [0.2, 0.25) is 0 Å². The number of nitrogens with zero attached hydrogens (tertiary/aromatic N) is 4. The zero-order chi connectivity index (χ0) is 28.2. The third-order valence-electron chi connectivity index (χ3n) is 7.91. The summed E-state index contributed by atoms with van der Waals surface area (Å²) < 4.78 is 2.34. The summed E-state index contributed by atoms with van der Waals surface area (Å²) in [5.41, 5.74) is 10.3. The minimum absolute atomic E-state index is 0.732. The van der Waals surface area contributed by atoms with Gasteiger partial charge in [-0.25, -0.2) is 9.97 Å². The van der Waals surface area contributed by atoms with Crippen molar-refractivity contribution < 1.29 is 0 Å². The first kappa shape index (κ1) is 24.8. The van der Waals surface area contributed by atoms with Crippen molar-refractivity contribution in [2.75, 3.05) is 0 Å². The van der Waals surface area contributed by atoms with Crippen LogP contribution in [0.4, 0.5) is 0 Å². The summed E-state index contributed by atoms with van der Waals surface area (Å²) in [4.78, 5) is 20.1. The molecule has 0 aliphatic heterocycles. The van der Waals surface area contributed by atoms with Gasteiger partial charge in [0.05, 0.1) is 26.9 Å². The van der Waals surface area contributed by atoms with Gasteiger partial charge in [0, 0.05) is 43.4 Å². The number of benzene rings is 4. The molecule has 0 bridgehead atoms. The molecular weight excluding hydrogens is 533 g/mol. The first-order valence-electron chi connectivity index (χ1n) is 14.2. The first-order chi connectivity index (χ1) is 20.7. The van der Waals surface area contributed by atoms with E-state index in [1.165, 1.54) is 15.6 Å². The van der Waals surface area contributed by atoms with Crippen molar-refractivity contribution in [3.05, 3.63) is 121 Å². The number of aromatic nitrogens is 4. The molecule has 0 aliphatic rings. The van der Waals surface area contributed by atoms with E-state index in [0.29, 0.717) is 0 Å². The van der Waals surface area contributed by atoms with Crippen LogP contribution >= 0.6 is 11.3 Å². The summed E-state index contributed by atoms with van der Waals surface area (Å²) in [7, 11) is 0. The zero-order valence-electron chi connectivity index (χ0n) is 23.3. The van der Waals surface area contributed by atoms with Gasteiger partial charge in [0.1, 0.15) is 0 Å². The molecule has 0 aliphatic carbocycles. The van der Waals surface area contributed by atoms with E-state index in [2.05, 4.69) is 110 Å². The molecule has 0 fully saturated rings. The molecule has 4 nitrogen and oxygen atoms in total. The number of fused-ring (bicyclic) bond motifs is 6. The van der Waals surface area contributed by atoms with Gasteiger partial charge in [0.25, 0.3) is 0 Å². The monoisotopic (exact) mass is 558 g/mol. The molecule has 0 N–H and O–H groups in total. The minimum Gasteiger partial charge on any atom is -0.251 e. The maximum Gasteiger partial charge on any atom is 0.160 e. The third-order valence-corrected chi connectivity index (χ3v) is 9.08. The molecule has 8 rings (SSSR count). The molecule has 0 spiro atoms. The molecule has 5 heteroatoms. The molecule has 0 radical (unpaired) electrons. The molecular formula is C37H26N4S. The lowest BCUT2D eigenvalue weighted by Crippen LogP contribution is -1.95. The summed E-state index contributed by atoms with van der Waals surface area (Å²) in [5.74, 6) is 0.732. The Morgan fingerprint density at radius 3 is 2.19 bits per heavy atom. The standard InChI is InChI=1S/C37H26N4S/c1-3-27-21-30(28-20-19-25-14-13-22(2)38-32(25)34(28)39-27)23-15-17-26(18-16-23)37-40-33(24-9-5-4-6-10-24)36-35(41-37)29-11-7-8-12-31(29)42-36/h4-21H,3H2,1-2H3. The smallest absolute Gasteiger partial charge is 0.160 e. The lowest BCUT2D eigenvalue weighted by atomic mass is 9.97. The highest BCUT2D eigenvalue weighted by atomic mass is 32.1. The quantitative estimate of drug-likeness (QED) is 0.202. The van der Waals surface area contributed by atoms with Gasteiger partial charge in [-0.15, -0.1) is 11.3 Å². The van der Waals surface area contributed by atoms with Crippen molar-refractivity contribution in [3.8, 4) is 33.8 Å². The Hall–Kier alpha value is -5.00. The van der Waals surface area contributed by atoms with Crippen molar-refractivity contribution in [1.82, 2.24) is 19.9 Å². The van der Waals surface area contributed by atoms with E-state index >= 15 is 0 Å². The van der Waals surface area contributed by atoms with E-state index in [1.54, 1.807) is 11.3 Å².